The standard InChI is InChI=1S/C28H37N3O8/c1-16-9-6-11-19(37-4)12-8-13-20-24(30-18(3)32)22(33)15-21(25(20)34)31-27(35)17(2)10-7-14-23(38-5)26(16)39-28(29)36/h7,9-10,14-15,19,23,26H,6,8,11-13H2,1-5H3,(H2,29,36)(H,30,32)(H,31,35)/b14-7-,16-9+,17-10+/t19-,23?,26?/m1/s1. The zero-order valence-corrected chi connectivity index (χ0v) is 23.0. The molecule has 11 nitrogen and oxygen atoms in total. The summed E-state index contributed by atoms with van der Waals surface area (Å²) in [5.41, 5.74) is 6.14. The third kappa shape index (κ3) is 9.15. The number of ketones is 2. The lowest BCUT2D eigenvalue weighted by atomic mass is 9.91. The summed E-state index contributed by atoms with van der Waals surface area (Å²) in [4.78, 5) is 62.2. The molecule has 3 amide bonds. The van der Waals surface area contributed by atoms with Gasteiger partial charge in [0.15, 0.2) is 6.10 Å². The molecule has 2 bridgehead atoms. The molecular weight excluding hydrogens is 506 g/mol. The molecule has 2 unspecified atom stereocenters. The molecule has 0 aromatic heterocycles. The largest absolute Gasteiger partial charge is 0.439 e. The molecule has 0 fully saturated rings. The van der Waals surface area contributed by atoms with E-state index in [9.17, 15) is 24.0 Å². The number of amides is 3. The summed E-state index contributed by atoms with van der Waals surface area (Å²) in [5, 5.41) is 4.97. The topological polar surface area (TPSA) is 163 Å². The number of fused-ring (bicyclic) bond motifs is 2. The number of Topliss-reactive ketones (excluding diaryl/α,β-unsaturated/α-hetero) is 1. The van der Waals surface area contributed by atoms with Gasteiger partial charge in [-0.15, -0.1) is 0 Å². The van der Waals surface area contributed by atoms with Gasteiger partial charge >= 0.3 is 6.09 Å². The molecule has 2 rings (SSSR count). The molecule has 1 heterocycles. The number of hydrogen-bond donors (Lipinski definition) is 3. The number of nitrogens with two attached hydrogens (primary N) is 1. The fourth-order valence-corrected chi connectivity index (χ4v) is 4.29. The molecule has 39 heavy (non-hydrogen) atoms. The fraction of sp³-hybridized carbons (Fsp3) is 0.464. The second-order valence-corrected chi connectivity index (χ2v) is 9.31. The van der Waals surface area contributed by atoms with Crippen molar-refractivity contribution in [2.75, 3.05) is 14.2 Å². The van der Waals surface area contributed by atoms with Crippen LogP contribution in [0.15, 0.2) is 58.5 Å². The number of primary amides is 1. The number of rotatable bonds is 4. The number of methoxy groups -OCH3 is 2. The van der Waals surface area contributed by atoms with Crippen LogP contribution in [0.2, 0.25) is 0 Å². The quantitative estimate of drug-likeness (QED) is 0.360. The number of hydrogen-bond acceptors (Lipinski definition) is 8. The Kier molecular flexibility index (Phi) is 12.0. The first-order valence-corrected chi connectivity index (χ1v) is 12.6. The van der Waals surface area contributed by atoms with Gasteiger partial charge in [0, 0.05) is 38.4 Å². The lowest BCUT2D eigenvalue weighted by Crippen LogP contribution is -2.36. The molecule has 3 atom stereocenters. The van der Waals surface area contributed by atoms with E-state index in [1.54, 1.807) is 26.2 Å². The van der Waals surface area contributed by atoms with E-state index in [1.165, 1.54) is 27.0 Å². The second kappa shape index (κ2) is 14.9. The minimum absolute atomic E-state index is 0.0785. The monoisotopic (exact) mass is 543 g/mol. The van der Waals surface area contributed by atoms with Crippen molar-refractivity contribution in [2.24, 2.45) is 5.73 Å². The second-order valence-electron chi connectivity index (χ2n) is 9.31. The highest BCUT2D eigenvalue weighted by molar-refractivity contribution is 6.24. The van der Waals surface area contributed by atoms with Gasteiger partial charge < -0.3 is 30.6 Å². The Labute approximate surface area is 228 Å². The summed E-state index contributed by atoms with van der Waals surface area (Å²) in [6.45, 7) is 4.59. The molecule has 4 N–H and O–H groups in total. The molecule has 1 aliphatic heterocycles. The summed E-state index contributed by atoms with van der Waals surface area (Å²) < 4.78 is 16.4. The van der Waals surface area contributed by atoms with Gasteiger partial charge in [0.25, 0.3) is 5.91 Å². The summed E-state index contributed by atoms with van der Waals surface area (Å²) in [6, 6.07) is 0. The minimum atomic E-state index is -0.950. The maximum absolute atomic E-state index is 13.3. The summed E-state index contributed by atoms with van der Waals surface area (Å²) in [7, 11) is 3.04. The van der Waals surface area contributed by atoms with E-state index in [4.69, 9.17) is 19.9 Å². The van der Waals surface area contributed by atoms with Crippen LogP contribution in [0.4, 0.5) is 4.79 Å². The van der Waals surface area contributed by atoms with E-state index >= 15 is 0 Å². The minimum Gasteiger partial charge on any atom is -0.439 e. The van der Waals surface area contributed by atoms with E-state index in [-0.39, 0.29) is 35.1 Å². The molecule has 11 heteroatoms. The first kappa shape index (κ1) is 31.4. The number of carbonyl (C=O) groups is 5. The average molecular weight is 544 g/mol. The van der Waals surface area contributed by atoms with Crippen LogP contribution in [-0.2, 0) is 33.4 Å². The third-order valence-electron chi connectivity index (χ3n) is 6.40. The van der Waals surface area contributed by atoms with E-state index in [0.29, 0.717) is 25.7 Å². The predicted molar refractivity (Wildman–Crippen MR) is 143 cm³/mol. The van der Waals surface area contributed by atoms with E-state index < -0.39 is 41.7 Å². The van der Waals surface area contributed by atoms with E-state index in [2.05, 4.69) is 10.6 Å². The zero-order chi connectivity index (χ0) is 29.1. The maximum Gasteiger partial charge on any atom is 0.405 e. The Morgan fingerprint density at radius 3 is 2.44 bits per heavy atom. The van der Waals surface area contributed by atoms with Crippen LogP contribution in [-0.4, -0.2) is 62.0 Å². The fourth-order valence-electron chi connectivity index (χ4n) is 4.29. The van der Waals surface area contributed by atoms with Crippen molar-refractivity contribution in [3.8, 4) is 0 Å². The number of allylic oxidation sites excluding steroid dienone is 5. The van der Waals surface area contributed by atoms with Crippen molar-refractivity contribution in [2.45, 2.75) is 71.2 Å². The third-order valence-corrected chi connectivity index (χ3v) is 6.40. The van der Waals surface area contributed by atoms with Gasteiger partial charge in [-0.1, -0.05) is 24.3 Å². The molecule has 0 saturated heterocycles. The predicted octanol–water partition coefficient (Wildman–Crippen LogP) is 2.44. The lowest BCUT2D eigenvalue weighted by Gasteiger charge is -2.24. The van der Waals surface area contributed by atoms with Gasteiger partial charge in [0.2, 0.25) is 17.5 Å². The summed E-state index contributed by atoms with van der Waals surface area (Å²) >= 11 is 0. The summed E-state index contributed by atoms with van der Waals surface area (Å²) in [6.07, 6.45) is 7.50. The maximum atomic E-state index is 13.3. The van der Waals surface area contributed by atoms with Crippen molar-refractivity contribution in [1.29, 1.82) is 0 Å². The highest BCUT2D eigenvalue weighted by atomic mass is 16.6. The molecular formula is C28H37N3O8. The van der Waals surface area contributed by atoms with E-state index in [1.807, 2.05) is 6.08 Å². The normalized spacial score (nSPS) is 27.4. The van der Waals surface area contributed by atoms with Crippen LogP contribution in [0.1, 0.15) is 52.9 Å². The van der Waals surface area contributed by atoms with Crippen molar-refractivity contribution in [3.05, 3.63) is 58.5 Å². The molecule has 1 aliphatic carbocycles. The Bertz CT molecular complexity index is 1150. The molecule has 0 saturated carbocycles. The van der Waals surface area contributed by atoms with Gasteiger partial charge in [-0.2, -0.15) is 0 Å². The molecule has 0 aromatic carbocycles. The summed E-state index contributed by atoms with van der Waals surface area (Å²) in [5.74, 6) is -2.19. The molecule has 0 radical (unpaired) electrons. The van der Waals surface area contributed by atoms with Crippen molar-refractivity contribution >= 4 is 29.5 Å². The van der Waals surface area contributed by atoms with Gasteiger partial charge in [-0.3, -0.25) is 19.2 Å². The highest BCUT2D eigenvalue weighted by Gasteiger charge is 2.30. The first-order chi connectivity index (χ1) is 18.5. The van der Waals surface area contributed by atoms with Gasteiger partial charge in [0.05, 0.1) is 17.5 Å². The Hall–Kier alpha value is -3.83. The van der Waals surface area contributed by atoms with Crippen LogP contribution in [0.25, 0.3) is 0 Å². The Morgan fingerprint density at radius 1 is 1.10 bits per heavy atom. The SMILES string of the molecule is COC1/C=C\C=C(/C)C(=O)NC2=CC(=O)C(NC(C)=O)=C(CCC[C@H](OC)CC/C=C(\C)C1OC(N)=O)C2=O. The van der Waals surface area contributed by atoms with Crippen LogP contribution in [0, 0.1) is 0 Å². The van der Waals surface area contributed by atoms with Gasteiger partial charge in [-0.05, 0) is 51.5 Å². The Balaban J connectivity index is 2.48. The molecule has 0 aromatic rings. The van der Waals surface area contributed by atoms with Crippen LogP contribution < -0.4 is 16.4 Å². The average Bonchev–Trinajstić information content (AvgIpc) is 2.87. The zero-order valence-electron chi connectivity index (χ0n) is 23.0. The van der Waals surface area contributed by atoms with Crippen LogP contribution in [0.5, 0.6) is 0 Å². The first-order valence-electron chi connectivity index (χ1n) is 12.6. The number of nitrogens with one attached hydrogen (secondary N) is 2. The van der Waals surface area contributed by atoms with Crippen molar-refractivity contribution in [3.63, 3.8) is 0 Å². The Morgan fingerprint density at radius 2 is 1.82 bits per heavy atom. The van der Waals surface area contributed by atoms with Gasteiger partial charge in [-0.25, -0.2) is 4.79 Å². The molecule has 212 valence electrons. The van der Waals surface area contributed by atoms with Crippen molar-refractivity contribution < 1.29 is 38.2 Å². The van der Waals surface area contributed by atoms with Crippen molar-refractivity contribution in [1.82, 2.24) is 10.6 Å². The lowest BCUT2D eigenvalue weighted by molar-refractivity contribution is -0.121. The van der Waals surface area contributed by atoms with Crippen LogP contribution in [0.3, 0.4) is 0 Å². The smallest absolute Gasteiger partial charge is 0.405 e. The molecule has 2 aliphatic rings. The number of carbonyl (C=O) groups excluding carboxylic acids is 5. The van der Waals surface area contributed by atoms with Crippen LogP contribution >= 0.6 is 0 Å². The highest BCUT2D eigenvalue weighted by Crippen LogP contribution is 2.24. The number of ether oxygens (including phenoxy) is 3. The van der Waals surface area contributed by atoms with E-state index in [0.717, 1.165) is 11.6 Å². The molecule has 0 spiro atoms. The van der Waals surface area contributed by atoms with Gasteiger partial charge in [0.1, 0.15) is 6.10 Å².